The highest BCUT2D eigenvalue weighted by Gasteiger charge is 2.15. The molecule has 0 fully saturated rings. The average Bonchev–Trinajstić information content (AvgIpc) is 2.31. The van der Waals surface area contributed by atoms with Crippen LogP contribution in [0, 0.1) is 10.1 Å². The highest BCUT2D eigenvalue weighted by atomic mass is 35.5. The quantitative estimate of drug-likeness (QED) is 0.387. The van der Waals surface area contributed by atoms with E-state index in [0.717, 1.165) is 6.07 Å². The first-order valence-electron chi connectivity index (χ1n) is 5.33. The highest BCUT2D eigenvalue weighted by molar-refractivity contribution is 6.32. The smallest absolute Gasteiger partial charge is 0.315 e. The minimum absolute atomic E-state index is 0.0339. The van der Waals surface area contributed by atoms with Gasteiger partial charge in [0.05, 0.1) is 11.5 Å². The van der Waals surface area contributed by atoms with Gasteiger partial charge < -0.3 is 10.1 Å². The Morgan fingerprint density at radius 3 is 2.74 bits per heavy atom. The summed E-state index contributed by atoms with van der Waals surface area (Å²) in [4.78, 5) is 32.5. The predicted octanol–water partition coefficient (Wildman–Crippen LogP) is 2.14. The standard InChI is InChI=1S/C11H11ClN2O5/c1-2-19-11(16)6-10(15)13-7-3-4-8(12)9(5-7)14(17)18/h3-5H,2,6H2,1H3,(H,13,15). The Balaban J connectivity index is 2.72. The third-order valence-corrected chi connectivity index (χ3v) is 2.36. The van der Waals surface area contributed by atoms with E-state index in [1.165, 1.54) is 12.1 Å². The van der Waals surface area contributed by atoms with Gasteiger partial charge in [-0.05, 0) is 19.1 Å². The fourth-order valence-corrected chi connectivity index (χ4v) is 1.47. The zero-order valence-electron chi connectivity index (χ0n) is 10.0. The van der Waals surface area contributed by atoms with E-state index in [-0.39, 0.29) is 23.0 Å². The molecule has 0 heterocycles. The lowest BCUT2D eigenvalue weighted by molar-refractivity contribution is -0.384. The maximum absolute atomic E-state index is 11.4. The number of benzene rings is 1. The molecule has 0 aliphatic carbocycles. The fourth-order valence-electron chi connectivity index (χ4n) is 1.28. The van der Waals surface area contributed by atoms with E-state index in [1.54, 1.807) is 6.92 Å². The number of amides is 1. The SMILES string of the molecule is CCOC(=O)CC(=O)Nc1ccc(Cl)c([N+](=O)[O-])c1. The fraction of sp³-hybridized carbons (Fsp3) is 0.273. The number of nitrogens with zero attached hydrogens (tertiary/aromatic N) is 1. The van der Waals surface area contributed by atoms with Gasteiger partial charge in [-0.3, -0.25) is 19.7 Å². The van der Waals surface area contributed by atoms with Gasteiger partial charge in [-0.25, -0.2) is 0 Å². The van der Waals surface area contributed by atoms with E-state index in [9.17, 15) is 19.7 Å². The lowest BCUT2D eigenvalue weighted by Gasteiger charge is -2.05. The molecule has 0 radical (unpaired) electrons. The number of ether oxygens (including phenoxy) is 1. The van der Waals surface area contributed by atoms with Crippen LogP contribution in [0.5, 0.6) is 0 Å². The Hall–Kier alpha value is -2.15. The van der Waals surface area contributed by atoms with E-state index in [1.807, 2.05) is 0 Å². The van der Waals surface area contributed by atoms with Crippen LogP contribution in [-0.2, 0) is 14.3 Å². The monoisotopic (exact) mass is 286 g/mol. The second-order valence-corrected chi connectivity index (χ2v) is 3.86. The van der Waals surface area contributed by atoms with E-state index in [4.69, 9.17) is 11.6 Å². The molecule has 7 nitrogen and oxygen atoms in total. The number of hydrogen-bond acceptors (Lipinski definition) is 5. The Kier molecular flexibility index (Phi) is 5.25. The second kappa shape index (κ2) is 6.69. The third kappa shape index (κ3) is 4.55. The van der Waals surface area contributed by atoms with Crippen LogP contribution in [0.4, 0.5) is 11.4 Å². The number of nitro groups is 1. The number of rotatable bonds is 5. The number of nitrogens with one attached hydrogen (secondary N) is 1. The molecule has 0 unspecified atom stereocenters. The zero-order chi connectivity index (χ0) is 14.4. The molecule has 102 valence electrons. The van der Waals surface area contributed by atoms with Crippen molar-refractivity contribution in [3.63, 3.8) is 0 Å². The summed E-state index contributed by atoms with van der Waals surface area (Å²) in [6.07, 6.45) is -0.454. The van der Waals surface area contributed by atoms with Crippen molar-refractivity contribution in [3.05, 3.63) is 33.3 Å². The molecule has 0 spiro atoms. The molecular formula is C11H11ClN2O5. The first-order valence-corrected chi connectivity index (χ1v) is 5.71. The average molecular weight is 287 g/mol. The molecule has 0 bridgehead atoms. The van der Waals surface area contributed by atoms with E-state index in [2.05, 4.69) is 10.1 Å². The summed E-state index contributed by atoms with van der Waals surface area (Å²) in [6, 6.07) is 3.81. The first-order chi connectivity index (χ1) is 8.93. The van der Waals surface area contributed by atoms with Gasteiger partial charge in [0.1, 0.15) is 11.4 Å². The molecule has 0 saturated heterocycles. The molecule has 1 amide bonds. The summed E-state index contributed by atoms with van der Waals surface area (Å²) in [5.41, 5.74) is -0.138. The predicted molar refractivity (Wildman–Crippen MR) is 68.0 cm³/mol. The Bertz CT molecular complexity index is 518. The summed E-state index contributed by atoms with van der Waals surface area (Å²) in [6.45, 7) is 1.80. The van der Waals surface area contributed by atoms with Crippen LogP contribution < -0.4 is 5.32 Å². The number of carbonyl (C=O) groups excluding carboxylic acids is 2. The topological polar surface area (TPSA) is 98.5 Å². The van der Waals surface area contributed by atoms with Gasteiger partial charge in [-0.15, -0.1) is 0 Å². The van der Waals surface area contributed by atoms with Gasteiger partial charge >= 0.3 is 5.97 Å². The van der Waals surface area contributed by atoms with Gasteiger partial charge in [0.25, 0.3) is 5.69 Å². The molecule has 0 aliphatic heterocycles. The summed E-state index contributed by atoms with van der Waals surface area (Å²) >= 11 is 5.62. The van der Waals surface area contributed by atoms with Crippen LogP contribution in [0.15, 0.2) is 18.2 Å². The van der Waals surface area contributed by atoms with Gasteiger partial charge in [0.2, 0.25) is 5.91 Å². The van der Waals surface area contributed by atoms with Crippen molar-refractivity contribution in [3.8, 4) is 0 Å². The number of halogens is 1. The summed E-state index contributed by atoms with van der Waals surface area (Å²) in [5, 5.41) is 13.0. The zero-order valence-corrected chi connectivity index (χ0v) is 10.8. The summed E-state index contributed by atoms with van der Waals surface area (Å²) in [5.74, 6) is -1.28. The lowest BCUT2D eigenvalue weighted by Crippen LogP contribution is -2.18. The molecular weight excluding hydrogens is 276 g/mol. The van der Waals surface area contributed by atoms with Crippen LogP contribution in [0.2, 0.25) is 5.02 Å². The Morgan fingerprint density at radius 1 is 1.47 bits per heavy atom. The van der Waals surface area contributed by atoms with Crippen molar-refractivity contribution in [1.82, 2.24) is 0 Å². The number of hydrogen-bond donors (Lipinski definition) is 1. The van der Waals surface area contributed by atoms with Crippen LogP contribution in [0.25, 0.3) is 0 Å². The minimum Gasteiger partial charge on any atom is -0.466 e. The summed E-state index contributed by atoms with van der Waals surface area (Å²) in [7, 11) is 0. The van der Waals surface area contributed by atoms with Crippen molar-refractivity contribution in [1.29, 1.82) is 0 Å². The van der Waals surface area contributed by atoms with Crippen LogP contribution in [-0.4, -0.2) is 23.4 Å². The van der Waals surface area contributed by atoms with Crippen molar-refractivity contribution < 1.29 is 19.2 Å². The van der Waals surface area contributed by atoms with Crippen molar-refractivity contribution in [2.75, 3.05) is 11.9 Å². The van der Waals surface area contributed by atoms with Crippen LogP contribution >= 0.6 is 11.6 Å². The third-order valence-electron chi connectivity index (χ3n) is 2.04. The number of nitro benzene ring substituents is 1. The second-order valence-electron chi connectivity index (χ2n) is 3.45. The molecule has 0 atom stereocenters. The first kappa shape index (κ1) is 14.9. The van der Waals surface area contributed by atoms with Crippen molar-refractivity contribution >= 4 is 34.9 Å². The maximum Gasteiger partial charge on any atom is 0.315 e. The van der Waals surface area contributed by atoms with Gasteiger partial charge in [0.15, 0.2) is 0 Å². The molecule has 0 aromatic heterocycles. The van der Waals surface area contributed by atoms with Gasteiger partial charge in [-0.2, -0.15) is 0 Å². The summed E-state index contributed by atoms with van der Waals surface area (Å²) < 4.78 is 4.60. The normalized spacial score (nSPS) is 9.79. The maximum atomic E-state index is 11.4. The Labute approximate surface area is 113 Å². The van der Waals surface area contributed by atoms with E-state index >= 15 is 0 Å². The molecule has 1 aromatic rings. The molecule has 19 heavy (non-hydrogen) atoms. The van der Waals surface area contributed by atoms with Gasteiger partial charge in [0, 0.05) is 11.8 Å². The largest absolute Gasteiger partial charge is 0.466 e. The molecule has 8 heteroatoms. The molecule has 0 saturated carbocycles. The molecule has 1 aromatic carbocycles. The highest BCUT2D eigenvalue weighted by Crippen LogP contribution is 2.27. The lowest BCUT2D eigenvalue weighted by atomic mass is 10.2. The number of carbonyl (C=O) groups is 2. The molecule has 1 rings (SSSR count). The number of anilines is 1. The van der Waals surface area contributed by atoms with Crippen LogP contribution in [0.1, 0.15) is 13.3 Å². The van der Waals surface area contributed by atoms with E-state index in [0.29, 0.717) is 0 Å². The van der Waals surface area contributed by atoms with Crippen LogP contribution in [0.3, 0.4) is 0 Å². The van der Waals surface area contributed by atoms with Gasteiger partial charge in [-0.1, -0.05) is 11.6 Å². The van der Waals surface area contributed by atoms with E-state index < -0.39 is 23.2 Å². The number of esters is 1. The molecule has 1 N–H and O–H groups in total. The minimum atomic E-state index is -0.663. The van der Waals surface area contributed by atoms with Crippen molar-refractivity contribution in [2.24, 2.45) is 0 Å². The van der Waals surface area contributed by atoms with Crippen molar-refractivity contribution in [2.45, 2.75) is 13.3 Å². The Morgan fingerprint density at radius 2 is 2.16 bits per heavy atom. The molecule has 0 aliphatic rings.